The van der Waals surface area contributed by atoms with Crippen molar-refractivity contribution in [1.29, 1.82) is 0 Å². The lowest BCUT2D eigenvalue weighted by Crippen LogP contribution is -2.56. The maximum Gasteiger partial charge on any atom is 0.256 e. The molecule has 2 N–H and O–H groups in total. The number of carbonyl (C=O) groups excluding carboxylic acids is 3. The van der Waals surface area contributed by atoms with Crippen LogP contribution in [0.4, 0.5) is 10.1 Å². The largest absolute Gasteiger partial charge is 0.338 e. The standard InChI is InChI=1S/C28H33ClFN5O3/c29-20-4-5-22(24(30)17-20)19-3-6-25(32-18-36)23(16-19)27(37)33-12-14-34(15-13-33)28(38)26-2-1-11-35(26)21-7-9-31-10-8-21/h3-6,16-18,21,26,31H,1-2,7-15H2,(H,32,36). The van der Waals surface area contributed by atoms with Crippen molar-refractivity contribution in [2.45, 2.75) is 37.8 Å². The van der Waals surface area contributed by atoms with Gasteiger partial charge in [-0.05, 0) is 81.2 Å². The number of hydrogen-bond donors (Lipinski definition) is 2. The van der Waals surface area contributed by atoms with Gasteiger partial charge in [-0.1, -0.05) is 17.7 Å². The molecule has 0 radical (unpaired) electrons. The summed E-state index contributed by atoms with van der Waals surface area (Å²) in [6.45, 7) is 4.67. The molecule has 8 nitrogen and oxygen atoms in total. The van der Waals surface area contributed by atoms with Crippen molar-refractivity contribution in [3.8, 4) is 11.1 Å². The van der Waals surface area contributed by atoms with Gasteiger partial charge in [0.25, 0.3) is 5.91 Å². The summed E-state index contributed by atoms with van der Waals surface area (Å²) in [5.74, 6) is -0.601. The molecule has 3 aliphatic heterocycles. The molecule has 3 heterocycles. The summed E-state index contributed by atoms with van der Waals surface area (Å²) in [5, 5.41) is 6.26. The molecular weight excluding hydrogens is 509 g/mol. The van der Waals surface area contributed by atoms with Crippen LogP contribution in [0.5, 0.6) is 0 Å². The third-order valence-electron chi connectivity index (χ3n) is 7.94. The summed E-state index contributed by atoms with van der Waals surface area (Å²) in [5.41, 5.74) is 1.44. The van der Waals surface area contributed by atoms with Crippen molar-refractivity contribution >= 4 is 35.5 Å². The van der Waals surface area contributed by atoms with Gasteiger partial charge in [-0.25, -0.2) is 4.39 Å². The number of piperazine rings is 1. The summed E-state index contributed by atoms with van der Waals surface area (Å²) >= 11 is 5.89. The molecule has 0 aromatic heterocycles. The van der Waals surface area contributed by atoms with E-state index in [1.54, 1.807) is 35.2 Å². The van der Waals surface area contributed by atoms with E-state index in [-0.39, 0.29) is 28.4 Å². The summed E-state index contributed by atoms with van der Waals surface area (Å²) < 4.78 is 14.6. The molecule has 1 unspecified atom stereocenters. The van der Waals surface area contributed by atoms with Gasteiger partial charge < -0.3 is 20.4 Å². The topological polar surface area (TPSA) is 85.0 Å². The molecule has 5 rings (SSSR count). The number of rotatable bonds is 6. The Kier molecular flexibility index (Phi) is 8.26. The maximum absolute atomic E-state index is 14.6. The Hall–Kier alpha value is -3.01. The Labute approximate surface area is 227 Å². The average Bonchev–Trinajstić information content (AvgIpc) is 3.44. The number of piperidine rings is 1. The first-order chi connectivity index (χ1) is 18.5. The van der Waals surface area contributed by atoms with Gasteiger partial charge in [-0.3, -0.25) is 19.3 Å². The van der Waals surface area contributed by atoms with Crippen LogP contribution in [0.1, 0.15) is 36.0 Å². The van der Waals surface area contributed by atoms with Crippen molar-refractivity contribution in [2.24, 2.45) is 0 Å². The number of anilines is 1. The molecule has 38 heavy (non-hydrogen) atoms. The molecule has 10 heteroatoms. The van der Waals surface area contributed by atoms with Gasteiger partial charge >= 0.3 is 0 Å². The van der Waals surface area contributed by atoms with Gasteiger partial charge in [-0.15, -0.1) is 0 Å². The van der Waals surface area contributed by atoms with Crippen LogP contribution in [0.15, 0.2) is 36.4 Å². The number of halogens is 2. The molecule has 0 bridgehead atoms. The second kappa shape index (κ2) is 11.8. The molecule has 0 saturated carbocycles. The van der Waals surface area contributed by atoms with E-state index in [2.05, 4.69) is 15.5 Å². The predicted octanol–water partition coefficient (Wildman–Crippen LogP) is 3.22. The summed E-state index contributed by atoms with van der Waals surface area (Å²) in [6.07, 6.45) is 4.58. The van der Waals surface area contributed by atoms with Gasteiger partial charge in [0.2, 0.25) is 12.3 Å². The number of amides is 3. The zero-order valence-corrected chi connectivity index (χ0v) is 22.1. The minimum Gasteiger partial charge on any atom is -0.338 e. The highest BCUT2D eigenvalue weighted by atomic mass is 35.5. The number of benzene rings is 2. The van der Waals surface area contributed by atoms with Gasteiger partial charge in [-0.2, -0.15) is 0 Å². The van der Waals surface area contributed by atoms with Crippen LogP contribution in [0.3, 0.4) is 0 Å². The van der Waals surface area contributed by atoms with E-state index in [1.807, 2.05) is 4.90 Å². The lowest BCUT2D eigenvalue weighted by Gasteiger charge is -2.40. The molecule has 0 spiro atoms. The number of hydrogen-bond acceptors (Lipinski definition) is 5. The molecular formula is C28H33ClFN5O3. The van der Waals surface area contributed by atoms with Crippen LogP contribution < -0.4 is 10.6 Å². The monoisotopic (exact) mass is 541 g/mol. The van der Waals surface area contributed by atoms with E-state index in [1.165, 1.54) is 6.07 Å². The van der Waals surface area contributed by atoms with Crippen molar-refractivity contribution < 1.29 is 18.8 Å². The van der Waals surface area contributed by atoms with Crippen LogP contribution >= 0.6 is 11.6 Å². The number of nitrogens with zero attached hydrogens (tertiary/aromatic N) is 3. The maximum atomic E-state index is 14.6. The fraction of sp³-hybridized carbons (Fsp3) is 0.464. The SMILES string of the molecule is O=CNc1ccc(-c2ccc(Cl)cc2F)cc1C(=O)N1CCN(C(=O)C2CCCN2C2CCNCC2)CC1. The Morgan fingerprint density at radius 3 is 2.42 bits per heavy atom. The van der Waals surface area contributed by atoms with Crippen LogP contribution in [-0.2, 0) is 9.59 Å². The normalized spacial score (nSPS) is 20.9. The van der Waals surface area contributed by atoms with Gasteiger partial charge in [0, 0.05) is 42.8 Å². The van der Waals surface area contributed by atoms with Gasteiger partial charge in [0.1, 0.15) is 5.82 Å². The molecule has 2 aromatic carbocycles. The molecule has 3 saturated heterocycles. The predicted molar refractivity (Wildman–Crippen MR) is 145 cm³/mol. The minimum atomic E-state index is -0.496. The Bertz CT molecular complexity index is 1200. The van der Waals surface area contributed by atoms with Crippen LogP contribution in [-0.4, -0.2) is 90.8 Å². The third kappa shape index (κ3) is 5.55. The van der Waals surface area contributed by atoms with Gasteiger partial charge in [0.05, 0.1) is 17.3 Å². The first kappa shape index (κ1) is 26.6. The quantitative estimate of drug-likeness (QED) is 0.549. The van der Waals surface area contributed by atoms with E-state index in [0.717, 1.165) is 45.3 Å². The van der Waals surface area contributed by atoms with E-state index in [9.17, 15) is 18.8 Å². The Balaban J connectivity index is 1.28. The smallest absolute Gasteiger partial charge is 0.256 e. The summed E-state index contributed by atoms with van der Waals surface area (Å²) in [7, 11) is 0. The molecule has 3 fully saturated rings. The molecule has 2 aromatic rings. The van der Waals surface area contributed by atoms with E-state index < -0.39 is 5.82 Å². The molecule has 1 atom stereocenters. The Morgan fingerprint density at radius 1 is 0.974 bits per heavy atom. The number of carbonyl (C=O) groups is 3. The third-order valence-corrected chi connectivity index (χ3v) is 8.18. The zero-order chi connectivity index (χ0) is 26.6. The number of likely N-dealkylation sites (tertiary alicyclic amines) is 1. The second-order valence-electron chi connectivity index (χ2n) is 10.1. The van der Waals surface area contributed by atoms with Crippen molar-refractivity contribution in [1.82, 2.24) is 20.0 Å². The van der Waals surface area contributed by atoms with Crippen LogP contribution in [0.25, 0.3) is 11.1 Å². The number of nitrogens with one attached hydrogen (secondary N) is 2. The summed E-state index contributed by atoms with van der Waals surface area (Å²) in [6, 6.07) is 9.60. The van der Waals surface area contributed by atoms with Crippen molar-refractivity contribution in [3.05, 3.63) is 52.8 Å². The Morgan fingerprint density at radius 2 is 1.71 bits per heavy atom. The highest BCUT2D eigenvalue weighted by molar-refractivity contribution is 6.30. The lowest BCUT2D eigenvalue weighted by molar-refractivity contribution is -0.138. The van der Waals surface area contributed by atoms with E-state index in [4.69, 9.17) is 11.6 Å². The van der Waals surface area contributed by atoms with Crippen molar-refractivity contribution in [3.63, 3.8) is 0 Å². The summed E-state index contributed by atoms with van der Waals surface area (Å²) in [4.78, 5) is 44.2. The fourth-order valence-electron chi connectivity index (χ4n) is 5.94. The minimum absolute atomic E-state index is 0.0744. The lowest BCUT2D eigenvalue weighted by atomic mass is 10.00. The second-order valence-corrected chi connectivity index (χ2v) is 10.6. The molecule has 3 aliphatic rings. The van der Waals surface area contributed by atoms with Gasteiger partial charge in [0.15, 0.2) is 0 Å². The zero-order valence-electron chi connectivity index (χ0n) is 21.3. The van der Waals surface area contributed by atoms with Crippen LogP contribution in [0, 0.1) is 5.82 Å². The highest BCUT2D eigenvalue weighted by Gasteiger charge is 2.39. The van der Waals surface area contributed by atoms with Crippen LogP contribution in [0.2, 0.25) is 5.02 Å². The molecule has 202 valence electrons. The van der Waals surface area contributed by atoms with Crippen molar-refractivity contribution in [2.75, 3.05) is 51.1 Å². The highest BCUT2D eigenvalue weighted by Crippen LogP contribution is 2.30. The fourth-order valence-corrected chi connectivity index (χ4v) is 6.10. The van der Waals surface area contributed by atoms with E-state index >= 15 is 0 Å². The first-order valence-corrected chi connectivity index (χ1v) is 13.7. The molecule has 3 amide bonds. The average molecular weight is 542 g/mol. The van der Waals surface area contributed by atoms with E-state index in [0.29, 0.717) is 55.4 Å². The molecule has 0 aliphatic carbocycles. The first-order valence-electron chi connectivity index (χ1n) is 13.3.